The van der Waals surface area contributed by atoms with E-state index in [1.54, 1.807) is 11.3 Å². The molecule has 21 heavy (non-hydrogen) atoms. The summed E-state index contributed by atoms with van der Waals surface area (Å²) in [5.41, 5.74) is 3.98. The van der Waals surface area contributed by atoms with E-state index in [2.05, 4.69) is 54.6 Å². The van der Waals surface area contributed by atoms with E-state index in [4.69, 9.17) is 11.6 Å². The minimum absolute atomic E-state index is 0.390. The molecular formula is C17H21ClN2S. The van der Waals surface area contributed by atoms with Crippen LogP contribution in [0.4, 0.5) is 5.69 Å². The second-order valence-electron chi connectivity index (χ2n) is 5.91. The quantitative estimate of drug-likeness (QED) is 0.857. The van der Waals surface area contributed by atoms with E-state index < -0.39 is 0 Å². The van der Waals surface area contributed by atoms with Crippen molar-refractivity contribution in [3.05, 3.63) is 50.7 Å². The van der Waals surface area contributed by atoms with Gasteiger partial charge in [0.1, 0.15) is 0 Å². The lowest BCUT2D eigenvalue weighted by Crippen LogP contribution is -2.18. The van der Waals surface area contributed by atoms with Crippen LogP contribution in [-0.2, 0) is 13.0 Å². The van der Waals surface area contributed by atoms with Gasteiger partial charge in [-0.05, 0) is 56.6 Å². The molecule has 1 aliphatic rings. The number of aryl methyl sites for hydroxylation is 1. The maximum absolute atomic E-state index is 6.20. The fourth-order valence-electron chi connectivity index (χ4n) is 3.00. The number of halogens is 1. The van der Waals surface area contributed by atoms with Gasteiger partial charge in [0.05, 0.1) is 10.4 Å². The Bertz CT molecular complexity index is 621. The number of benzene rings is 1. The van der Waals surface area contributed by atoms with Gasteiger partial charge in [-0.2, -0.15) is 0 Å². The molecule has 1 aromatic carbocycles. The molecule has 0 saturated heterocycles. The molecule has 3 rings (SSSR count). The fraction of sp³-hybridized carbons (Fsp3) is 0.412. The largest absolute Gasteiger partial charge is 0.378 e. The average molecular weight is 321 g/mol. The van der Waals surface area contributed by atoms with Crippen molar-refractivity contribution in [1.82, 2.24) is 4.90 Å². The van der Waals surface area contributed by atoms with Gasteiger partial charge in [-0.1, -0.05) is 29.8 Å². The smallest absolute Gasteiger partial charge is 0.0934 e. The zero-order chi connectivity index (χ0) is 14.8. The molecule has 112 valence electrons. The van der Waals surface area contributed by atoms with Gasteiger partial charge >= 0.3 is 0 Å². The zero-order valence-electron chi connectivity index (χ0n) is 12.5. The van der Waals surface area contributed by atoms with E-state index >= 15 is 0 Å². The van der Waals surface area contributed by atoms with Crippen molar-refractivity contribution >= 4 is 28.6 Å². The molecule has 2 nitrogen and oxygen atoms in total. The van der Waals surface area contributed by atoms with Crippen molar-refractivity contribution in [3.8, 4) is 0 Å². The van der Waals surface area contributed by atoms with Crippen LogP contribution in [-0.4, -0.2) is 19.0 Å². The molecule has 0 radical (unpaired) electrons. The number of nitrogens with one attached hydrogen (secondary N) is 1. The summed E-state index contributed by atoms with van der Waals surface area (Å²) in [5, 5.41) is 3.75. The molecule has 1 unspecified atom stereocenters. The lowest BCUT2D eigenvalue weighted by atomic mass is 9.93. The Hall–Kier alpha value is -1.03. The Balaban J connectivity index is 1.84. The van der Waals surface area contributed by atoms with Crippen molar-refractivity contribution < 1.29 is 0 Å². The molecule has 2 aromatic rings. The van der Waals surface area contributed by atoms with Crippen molar-refractivity contribution in [3.63, 3.8) is 0 Å². The molecule has 1 N–H and O–H groups in total. The van der Waals surface area contributed by atoms with Crippen LogP contribution in [0.5, 0.6) is 0 Å². The maximum Gasteiger partial charge on any atom is 0.0934 e. The lowest BCUT2D eigenvalue weighted by Gasteiger charge is -2.26. The van der Waals surface area contributed by atoms with E-state index in [1.807, 2.05) is 0 Å². The molecule has 1 aliphatic carbocycles. The van der Waals surface area contributed by atoms with Crippen LogP contribution >= 0.6 is 22.9 Å². The predicted molar refractivity (Wildman–Crippen MR) is 92.5 cm³/mol. The number of rotatable bonds is 4. The van der Waals surface area contributed by atoms with Crippen molar-refractivity contribution in [2.24, 2.45) is 0 Å². The summed E-state index contributed by atoms with van der Waals surface area (Å²) in [6.07, 6.45) is 3.58. The van der Waals surface area contributed by atoms with Gasteiger partial charge < -0.3 is 10.2 Å². The third-order valence-corrected chi connectivity index (χ3v) is 5.26. The summed E-state index contributed by atoms with van der Waals surface area (Å²) < 4.78 is 0.912. The molecule has 1 atom stereocenters. The first-order valence-electron chi connectivity index (χ1n) is 7.41. The molecule has 0 saturated carbocycles. The number of para-hydroxylation sites is 1. The molecule has 0 amide bonds. The highest BCUT2D eigenvalue weighted by atomic mass is 35.5. The van der Waals surface area contributed by atoms with Crippen LogP contribution < -0.4 is 5.32 Å². The monoisotopic (exact) mass is 320 g/mol. The van der Waals surface area contributed by atoms with Crippen LogP contribution in [0.15, 0.2) is 30.3 Å². The molecule has 4 heteroatoms. The molecule has 0 spiro atoms. The number of nitrogens with zero attached hydrogens (tertiary/aromatic N) is 1. The third kappa shape index (κ3) is 3.42. The first-order chi connectivity index (χ1) is 10.1. The molecule has 0 aliphatic heterocycles. The first-order valence-corrected chi connectivity index (χ1v) is 8.60. The Morgan fingerprint density at radius 2 is 2.14 bits per heavy atom. The molecular weight excluding hydrogens is 300 g/mol. The van der Waals surface area contributed by atoms with Crippen LogP contribution in [0.2, 0.25) is 4.34 Å². The van der Waals surface area contributed by atoms with E-state index in [-0.39, 0.29) is 0 Å². The summed E-state index contributed by atoms with van der Waals surface area (Å²) in [6, 6.07) is 11.1. The highest BCUT2D eigenvalue weighted by molar-refractivity contribution is 7.16. The normalized spacial score (nSPS) is 17.8. The van der Waals surface area contributed by atoms with Gasteiger partial charge in [-0.15, -0.1) is 11.3 Å². The minimum atomic E-state index is 0.390. The summed E-state index contributed by atoms with van der Waals surface area (Å²) in [5.74, 6) is 0. The number of hydrogen-bond acceptors (Lipinski definition) is 3. The highest BCUT2D eigenvalue weighted by Gasteiger charge is 2.23. The second kappa shape index (κ2) is 6.39. The number of anilines is 1. The Kier molecular flexibility index (Phi) is 4.53. The van der Waals surface area contributed by atoms with Gasteiger partial charge in [0.25, 0.3) is 0 Å². The van der Waals surface area contributed by atoms with Gasteiger partial charge in [-0.3, -0.25) is 0 Å². The summed E-state index contributed by atoms with van der Waals surface area (Å²) >= 11 is 7.94. The minimum Gasteiger partial charge on any atom is -0.378 e. The molecule has 1 heterocycles. The SMILES string of the molecule is CN(C)Cc1ccccc1NC1CCCc2sc(Cl)cc21. The highest BCUT2D eigenvalue weighted by Crippen LogP contribution is 2.39. The van der Waals surface area contributed by atoms with E-state index in [9.17, 15) is 0 Å². The summed E-state index contributed by atoms with van der Waals surface area (Å²) in [7, 11) is 4.21. The van der Waals surface area contributed by atoms with Crippen molar-refractivity contribution in [1.29, 1.82) is 0 Å². The van der Waals surface area contributed by atoms with E-state index in [0.29, 0.717) is 6.04 Å². The maximum atomic E-state index is 6.20. The predicted octanol–water partition coefficient (Wildman–Crippen LogP) is 4.95. The average Bonchev–Trinajstić information content (AvgIpc) is 2.82. The Labute approximate surface area is 135 Å². The standard InChI is InChI=1S/C17H21ClN2S/c1-20(2)11-12-6-3-4-7-14(12)19-15-8-5-9-16-13(15)10-17(18)21-16/h3-4,6-7,10,15,19H,5,8-9,11H2,1-2H3. The summed E-state index contributed by atoms with van der Waals surface area (Å²) in [6.45, 7) is 0.952. The Morgan fingerprint density at radius 1 is 1.33 bits per heavy atom. The molecule has 0 fully saturated rings. The van der Waals surface area contributed by atoms with Crippen LogP contribution in [0.25, 0.3) is 0 Å². The van der Waals surface area contributed by atoms with E-state index in [1.165, 1.54) is 41.0 Å². The summed E-state index contributed by atoms with van der Waals surface area (Å²) in [4.78, 5) is 3.66. The van der Waals surface area contributed by atoms with Gasteiger partial charge in [-0.25, -0.2) is 0 Å². The van der Waals surface area contributed by atoms with Crippen LogP contribution in [0, 0.1) is 0 Å². The zero-order valence-corrected chi connectivity index (χ0v) is 14.1. The van der Waals surface area contributed by atoms with Gasteiger partial charge in [0, 0.05) is 17.1 Å². The fourth-order valence-corrected chi connectivity index (χ4v) is 4.38. The lowest BCUT2D eigenvalue weighted by molar-refractivity contribution is 0.403. The van der Waals surface area contributed by atoms with Gasteiger partial charge in [0.2, 0.25) is 0 Å². The van der Waals surface area contributed by atoms with Crippen molar-refractivity contribution in [2.45, 2.75) is 31.8 Å². The first kappa shape index (κ1) is 14.9. The number of thiophene rings is 1. The van der Waals surface area contributed by atoms with Crippen molar-refractivity contribution in [2.75, 3.05) is 19.4 Å². The Morgan fingerprint density at radius 3 is 2.95 bits per heavy atom. The van der Waals surface area contributed by atoms with Crippen LogP contribution in [0.1, 0.15) is 34.9 Å². The van der Waals surface area contributed by atoms with E-state index in [0.717, 1.165) is 10.9 Å². The third-order valence-electron chi connectivity index (χ3n) is 3.92. The second-order valence-corrected chi connectivity index (χ2v) is 7.68. The van der Waals surface area contributed by atoms with Gasteiger partial charge in [0.15, 0.2) is 0 Å². The van der Waals surface area contributed by atoms with Crippen LogP contribution in [0.3, 0.4) is 0 Å². The molecule has 1 aromatic heterocycles. The number of hydrogen-bond donors (Lipinski definition) is 1. The topological polar surface area (TPSA) is 15.3 Å². The molecule has 0 bridgehead atoms. The number of fused-ring (bicyclic) bond motifs is 1.